The highest BCUT2D eigenvalue weighted by atomic mass is 32.2. The predicted octanol–water partition coefficient (Wildman–Crippen LogP) is 5.16. The van der Waals surface area contributed by atoms with Crippen LogP contribution < -0.4 is 14.4 Å². The first kappa shape index (κ1) is 25.3. The molecule has 0 radical (unpaired) electrons. The molecule has 3 rings (SSSR count). The van der Waals surface area contributed by atoms with Crippen LogP contribution in [0.4, 0.5) is 5.69 Å². The summed E-state index contributed by atoms with van der Waals surface area (Å²) in [4.78, 5) is 12.8. The van der Waals surface area contributed by atoms with E-state index < -0.39 is 10.0 Å². The Kier molecular flexibility index (Phi) is 7.99. The Bertz CT molecular complexity index is 1240. The molecule has 0 heterocycles. The number of carbonyl (C=O) groups is 1. The van der Waals surface area contributed by atoms with Gasteiger partial charge in [0.05, 0.1) is 31.1 Å². The molecule has 7 heteroatoms. The van der Waals surface area contributed by atoms with Crippen molar-refractivity contribution in [3.63, 3.8) is 0 Å². The molecule has 34 heavy (non-hydrogen) atoms. The van der Waals surface area contributed by atoms with Crippen LogP contribution in [0.25, 0.3) is 0 Å². The van der Waals surface area contributed by atoms with Gasteiger partial charge in [0, 0.05) is 5.56 Å². The Morgan fingerprint density at radius 3 is 2.21 bits per heavy atom. The fourth-order valence-corrected chi connectivity index (χ4v) is 4.76. The SMILES string of the molecule is CCOc1ccc(N(Cc2ccc(C(=O)NC(C)c3ccc(C)cc3C)cc2)S(C)(=O)=O)cc1. The van der Waals surface area contributed by atoms with Crippen LogP contribution in [0.3, 0.4) is 0 Å². The average molecular weight is 481 g/mol. The first-order valence-corrected chi connectivity index (χ1v) is 13.1. The number of aryl methyl sites for hydroxylation is 2. The van der Waals surface area contributed by atoms with Crippen LogP contribution in [0.5, 0.6) is 5.75 Å². The van der Waals surface area contributed by atoms with Gasteiger partial charge in [0.15, 0.2) is 0 Å². The van der Waals surface area contributed by atoms with Crippen molar-refractivity contribution >= 4 is 21.6 Å². The summed E-state index contributed by atoms with van der Waals surface area (Å²) in [5.41, 5.74) is 5.25. The Labute approximate surface area is 202 Å². The standard InChI is InChI=1S/C27H32N2O4S/c1-6-33-25-14-12-24(13-15-25)29(34(5,31)32)18-22-8-10-23(11-9-22)27(30)28-21(4)26-16-7-19(2)17-20(26)3/h7-17,21H,6,18H2,1-5H3,(H,28,30). The van der Waals surface area contributed by atoms with E-state index in [1.54, 1.807) is 48.5 Å². The highest BCUT2D eigenvalue weighted by Gasteiger charge is 2.19. The lowest BCUT2D eigenvalue weighted by molar-refractivity contribution is 0.0940. The maximum atomic E-state index is 12.8. The van der Waals surface area contributed by atoms with Crippen molar-refractivity contribution in [1.29, 1.82) is 0 Å². The van der Waals surface area contributed by atoms with Crippen molar-refractivity contribution in [3.8, 4) is 5.75 Å². The molecule has 0 saturated heterocycles. The number of ether oxygens (including phenoxy) is 1. The van der Waals surface area contributed by atoms with E-state index in [2.05, 4.69) is 11.4 Å². The molecular weight excluding hydrogens is 448 g/mol. The van der Waals surface area contributed by atoms with Crippen LogP contribution in [0.2, 0.25) is 0 Å². The van der Waals surface area contributed by atoms with Crippen LogP contribution in [0.15, 0.2) is 66.7 Å². The molecule has 3 aromatic rings. The topological polar surface area (TPSA) is 75.7 Å². The number of nitrogens with zero attached hydrogens (tertiary/aromatic N) is 1. The van der Waals surface area contributed by atoms with Gasteiger partial charge in [0.2, 0.25) is 10.0 Å². The fourth-order valence-electron chi connectivity index (χ4n) is 3.87. The maximum Gasteiger partial charge on any atom is 0.251 e. The van der Waals surface area contributed by atoms with Crippen molar-refractivity contribution in [2.45, 2.75) is 40.3 Å². The highest BCUT2D eigenvalue weighted by molar-refractivity contribution is 7.92. The van der Waals surface area contributed by atoms with Crippen molar-refractivity contribution < 1.29 is 17.9 Å². The van der Waals surface area contributed by atoms with Gasteiger partial charge < -0.3 is 10.1 Å². The van der Waals surface area contributed by atoms with Crippen molar-refractivity contribution in [3.05, 3.63) is 94.5 Å². The van der Waals surface area contributed by atoms with E-state index in [0.29, 0.717) is 23.6 Å². The number of benzene rings is 3. The van der Waals surface area contributed by atoms with Gasteiger partial charge in [-0.15, -0.1) is 0 Å². The first-order chi connectivity index (χ1) is 16.1. The second kappa shape index (κ2) is 10.7. The number of hydrogen-bond acceptors (Lipinski definition) is 4. The van der Waals surface area contributed by atoms with E-state index in [9.17, 15) is 13.2 Å². The molecule has 0 fully saturated rings. The number of hydrogen-bond donors (Lipinski definition) is 1. The van der Waals surface area contributed by atoms with Gasteiger partial charge in [0.25, 0.3) is 5.91 Å². The molecule has 0 aliphatic carbocycles. The average Bonchev–Trinajstić information content (AvgIpc) is 2.78. The minimum Gasteiger partial charge on any atom is -0.494 e. The number of rotatable bonds is 9. The molecule has 3 aromatic carbocycles. The molecule has 6 nitrogen and oxygen atoms in total. The Morgan fingerprint density at radius 1 is 1.00 bits per heavy atom. The highest BCUT2D eigenvalue weighted by Crippen LogP contribution is 2.24. The van der Waals surface area contributed by atoms with E-state index in [-0.39, 0.29) is 18.5 Å². The van der Waals surface area contributed by atoms with Gasteiger partial charge in [0.1, 0.15) is 5.75 Å². The van der Waals surface area contributed by atoms with Crippen LogP contribution >= 0.6 is 0 Å². The Morgan fingerprint density at radius 2 is 1.65 bits per heavy atom. The van der Waals surface area contributed by atoms with Crippen LogP contribution in [0.1, 0.15) is 52.5 Å². The van der Waals surface area contributed by atoms with Crippen molar-refractivity contribution in [1.82, 2.24) is 5.32 Å². The maximum absolute atomic E-state index is 12.8. The van der Waals surface area contributed by atoms with Gasteiger partial charge >= 0.3 is 0 Å². The minimum absolute atomic E-state index is 0.131. The number of amides is 1. The largest absolute Gasteiger partial charge is 0.494 e. The molecule has 0 aliphatic heterocycles. The molecular formula is C27H32N2O4S. The smallest absolute Gasteiger partial charge is 0.251 e. The fraction of sp³-hybridized carbons (Fsp3) is 0.296. The van der Waals surface area contributed by atoms with Crippen LogP contribution in [0, 0.1) is 13.8 Å². The molecule has 1 unspecified atom stereocenters. The van der Waals surface area contributed by atoms with E-state index in [4.69, 9.17) is 4.74 Å². The zero-order valence-electron chi connectivity index (χ0n) is 20.3. The monoisotopic (exact) mass is 480 g/mol. The number of sulfonamides is 1. The zero-order valence-corrected chi connectivity index (χ0v) is 21.1. The molecule has 0 aromatic heterocycles. The lowest BCUT2D eigenvalue weighted by atomic mass is 10.00. The third-order valence-corrected chi connectivity index (χ3v) is 6.76. The van der Waals surface area contributed by atoms with Crippen LogP contribution in [-0.4, -0.2) is 27.2 Å². The summed E-state index contributed by atoms with van der Waals surface area (Å²) in [6, 6.07) is 20.0. The van der Waals surface area contributed by atoms with Gasteiger partial charge in [-0.3, -0.25) is 9.10 Å². The summed E-state index contributed by atoms with van der Waals surface area (Å²) in [6.07, 6.45) is 1.18. The zero-order chi connectivity index (χ0) is 24.9. The third kappa shape index (κ3) is 6.38. The molecule has 0 spiro atoms. The van der Waals surface area contributed by atoms with Gasteiger partial charge in [-0.25, -0.2) is 8.42 Å². The first-order valence-electron chi connectivity index (χ1n) is 11.3. The van der Waals surface area contributed by atoms with E-state index in [1.165, 1.54) is 16.1 Å². The van der Waals surface area contributed by atoms with Crippen LogP contribution in [-0.2, 0) is 16.6 Å². The molecule has 1 atom stereocenters. The molecule has 1 amide bonds. The van der Waals surface area contributed by atoms with E-state index in [1.807, 2.05) is 39.8 Å². The van der Waals surface area contributed by atoms with Crippen molar-refractivity contribution in [2.75, 3.05) is 17.2 Å². The second-order valence-electron chi connectivity index (χ2n) is 8.45. The van der Waals surface area contributed by atoms with E-state index >= 15 is 0 Å². The molecule has 180 valence electrons. The molecule has 0 bridgehead atoms. The van der Waals surface area contributed by atoms with Gasteiger partial charge in [-0.05, 0) is 80.8 Å². The third-order valence-electron chi connectivity index (χ3n) is 5.62. The predicted molar refractivity (Wildman–Crippen MR) is 137 cm³/mol. The summed E-state index contributed by atoms with van der Waals surface area (Å²) in [6.45, 7) is 8.64. The molecule has 1 N–H and O–H groups in total. The summed E-state index contributed by atoms with van der Waals surface area (Å²) >= 11 is 0. The minimum atomic E-state index is -3.51. The summed E-state index contributed by atoms with van der Waals surface area (Å²) in [7, 11) is -3.51. The molecule has 0 saturated carbocycles. The normalized spacial score (nSPS) is 12.1. The lowest BCUT2D eigenvalue weighted by Crippen LogP contribution is -2.29. The van der Waals surface area contributed by atoms with Gasteiger partial charge in [-0.2, -0.15) is 0 Å². The number of carbonyl (C=O) groups excluding carboxylic acids is 1. The van der Waals surface area contributed by atoms with Gasteiger partial charge in [-0.1, -0.05) is 35.9 Å². The summed E-state index contributed by atoms with van der Waals surface area (Å²) in [5.74, 6) is 0.510. The van der Waals surface area contributed by atoms with E-state index in [0.717, 1.165) is 16.7 Å². The summed E-state index contributed by atoms with van der Waals surface area (Å²) in [5, 5.41) is 3.04. The quantitative estimate of drug-likeness (QED) is 0.459. The summed E-state index contributed by atoms with van der Waals surface area (Å²) < 4.78 is 31.7. The Hall–Kier alpha value is -3.32. The number of anilines is 1. The molecule has 0 aliphatic rings. The number of nitrogens with one attached hydrogen (secondary N) is 1. The second-order valence-corrected chi connectivity index (χ2v) is 10.4. The lowest BCUT2D eigenvalue weighted by Gasteiger charge is -2.23. The Balaban J connectivity index is 1.72. The van der Waals surface area contributed by atoms with Crippen molar-refractivity contribution in [2.24, 2.45) is 0 Å².